The Morgan fingerprint density at radius 2 is 2.04 bits per heavy atom. The van der Waals surface area contributed by atoms with Crippen LogP contribution in [0.5, 0.6) is 0 Å². The third-order valence-electron chi connectivity index (χ3n) is 4.73. The second-order valence-electron chi connectivity index (χ2n) is 6.38. The van der Waals surface area contributed by atoms with E-state index in [0.717, 1.165) is 49.7 Å². The van der Waals surface area contributed by atoms with Gasteiger partial charge in [-0.2, -0.15) is 0 Å². The highest BCUT2D eigenvalue weighted by Crippen LogP contribution is 2.23. The van der Waals surface area contributed by atoms with E-state index in [1.807, 2.05) is 0 Å². The number of thiazole rings is 1. The van der Waals surface area contributed by atoms with Gasteiger partial charge in [-0.1, -0.05) is 38.1 Å². The normalized spacial score (nSPS) is 14.6. The first-order valence-corrected chi connectivity index (χ1v) is 9.62. The number of carbonyl (C=O) groups is 1. The Balaban J connectivity index is 1.58. The highest BCUT2D eigenvalue weighted by Gasteiger charge is 2.18. The maximum absolute atomic E-state index is 12.2. The van der Waals surface area contributed by atoms with E-state index >= 15 is 0 Å². The molecule has 1 aromatic carbocycles. The van der Waals surface area contributed by atoms with Crippen molar-refractivity contribution in [1.82, 2.24) is 9.88 Å². The summed E-state index contributed by atoms with van der Waals surface area (Å²) in [7, 11) is 0. The number of fused-ring (bicyclic) bond motifs is 1. The van der Waals surface area contributed by atoms with Crippen molar-refractivity contribution in [3.63, 3.8) is 0 Å². The van der Waals surface area contributed by atoms with Crippen molar-refractivity contribution in [2.24, 2.45) is 5.92 Å². The van der Waals surface area contributed by atoms with Gasteiger partial charge in [0.15, 0.2) is 5.13 Å². The van der Waals surface area contributed by atoms with Crippen molar-refractivity contribution in [2.45, 2.75) is 46.2 Å². The maximum atomic E-state index is 12.2. The second-order valence-corrected chi connectivity index (χ2v) is 7.23. The summed E-state index contributed by atoms with van der Waals surface area (Å²) in [4.78, 5) is 19.2. The van der Waals surface area contributed by atoms with Crippen LogP contribution in [-0.2, 0) is 24.3 Å². The zero-order valence-corrected chi connectivity index (χ0v) is 15.2. The summed E-state index contributed by atoms with van der Waals surface area (Å²) in [6.45, 7) is 6.98. The fraction of sp³-hybridized carbons (Fsp3) is 0.474. The van der Waals surface area contributed by atoms with E-state index in [1.54, 1.807) is 0 Å². The van der Waals surface area contributed by atoms with Crippen molar-refractivity contribution < 1.29 is 4.79 Å². The van der Waals surface area contributed by atoms with Crippen LogP contribution in [0, 0.1) is 5.92 Å². The Morgan fingerprint density at radius 1 is 1.29 bits per heavy atom. The smallest absolute Gasteiger partial charge is 0.229 e. The molecule has 2 aromatic rings. The van der Waals surface area contributed by atoms with Crippen LogP contribution < -0.4 is 5.32 Å². The number of aromatic nitrogens is 1. The number of carbonyl (C=O) groups excluding carboxylic acids is 1. The van der Waals surface area contributed by atoms with Gasteiger partial charge in [0.2, 0.25) is 5.91 Å². The minimum Gasteiger partial charge on any atom is -0.302 e. The Labute approximate surface area is 147 Å². The lowest BCUT2D eigenvalue weighted by molar-refractivity contribution is -0.120. The van der Waals surface area contributed by atoms with E-state index in [0.29, 0.717) is 0 Å². The summed E-state index contributed by atoms with van der Waals surface area (Å²) in [5.74, 6) is 0.170. The third-order valence-corrected chi connectivity index (χ3v) is 5.54. The van der Waals surface area contributed by atoms with E-state index < -0.39 is 0 Å². The fourth-order valence-electron chi connectivity index (χ4n) is 3.22. The molecule has 0 bridgehead atoms. The van der Waals surface area contributed by atoms with Crippen LogP contribution in [0.3, 0.4) is 0 Å². The minimum atomic E-state index is 0.0796. The van der Waals surface area contributed by atoms with Gasteiger partial charge < -0.3 is 5.32 Å². The molecule has 2 heterocycles. The first-order valence-electron chi connectivity index (χ1n) is 8.74. The molecule has 24 heavy (non-hydrogen) atoms. The average Bonchev–Trinajstić information content (AvgIpc) is 3.02. The molecule has 128 valence electrons. The summed E-state index contributed by atoms with van der Waals surface area (Å²) in [5.41, 5.74) is 3.92. The molecule has 0 aliphatic carbocycles. The highest BCUT2D eigenvalue weighted by atomic mass is 32.1. The highest BCUT2D eigenvalue weighted by molar-refractivity contribution is 7.13. The predicted octanol–water partition coefficient (Wildman–Crippen LogP) is 4.08. The summed E-state index contributed by atoms with van der Waals surface area (Å²) in [6, 6.07) is 8.66. The third kappa shape index (κ3) is 4.02. The van der Waals surface area contributed by atoms with Gasteiger partial charge >= 0.3 is 0 Å². The van der Waals surface area contributed by atoms with Crippen LogP contribution in [-0.4, -0.2) is 22.3 Å². The Bertz CT molecular complexity index is 693. The van der Waals surface area contributed by atoms with Crippen molar-refractivity contribution in [2.75, 3.05) is 11.9 Å². The summed E-state index contributed by atoms with van der Waals surface area (Å²) < 4.78 is 0. The summed E-state index contributed by atoms with van der Waals surface area (Å²) in [6.07, 6.45) is 2.83. The van der Waals surface area contributed by atoms with Gasteiger partial charge in [-0.15, -0.1) is 11.3 Å². The lowest BCUT2D eigenvalue weighted by Gasteiger charge is -2.27. The standard InChI is InChI=1S/C19H25N3OS/c1-3-14(4-2)18(23)21-19-20-17(13-24-19)12-22-10-9-15-7-5-6-8-16(15)11-22/h5-8,13-14H,3-4,9-12H2,1-2H3,(H,20,21,23). The molecule has 1 N–H and O–H groups in total. The van der Waals surface area contributed by atoms with E-state index in [-0.39, 0.29) is 11.8 Å². The molecule has 0 saturated heterocycles. The van der Waals surface area contributed by atoms with Crippen molar-refractivity contribution in [3.05, 3.63) is 46.5 Å². The molecule has 0 spiro atoms. The number of nitrogens with zero attached hydrogens (tertiary/aromatic N) is 2. The Hall–Kier alpha value is -1.72. The van der Waals surface area contributed by atoms with E-state index in [4.69, 9.17) is 0 Å². The molecular weight excluding hydrogens is 318 g/mol. The minimum absolute atomic E-state index is 0.0796. The van der Waals surface area contributed by atoms with Crippen LogP contribution in [0.4, 0.5) is 5.13 Å². The topological polar surface area (TPSA) is 45.2 Å². The van der Waals surface area contributed by atoms with Crippen LogP contribution in [0.2, 0.25) is 0 Å². The SMILES string of the molecule is CCC(CC)C(=O)Nc1nc(CN2CCc3ccccc3C2)cs1. The number of amides is 1. The average molecular weight is 343 g/mol. The predicted molar refractivity (Wildman–Crippen MR) is 99.1 cm³/mol. The number of hydrogen-bond donors (Lipinski definition) is 1. The monoisotopic (exact) mass is 343 g/mol. The first-order chi connectivity index (χ1) is 11.7. The van der Waals surface area contributed by atoms with Gasteiger partial charge in [-0.25, -0.2) is 4.98 Å². The molecule has 1 aromatic heterocycles. The molecule has 4 nitrogen and oxygen atoms in total. The Morgan fingerprint density at radius 3 is 2.79 bits per heavy atom. The lowest BCUT2D eigenvalue weighted by Crippen LogP contribution is -2.30. The van der Waals surface area contributed by atoms with Gasteiger partial charge in [-0.05, 0) is 30.4 Å². The van der Waals surface area contributed by atoms with Crippen LogP contribution in [0.25, 0.3) is 0 Å². The molecule has 1 aliphatic heterocycles. The van der Waals surface area contributed by atoms with Gasteiger partial charge in [0, 0.05) is 30.9 Å². The van der Waals surface area contributed by atoms with Crippen molar-refractivity contribution in [3.8, 4) is 0 Å². The number of benzene rings is 1. The number of anilines is 1. The van der Waals surface area contributed by atoms with E-state index in [9.17, 15) is 4.79 Å². The lowest BCUT2D eigenvalue weighted by atomic mass is 10.00. The first kappa shape index (κ1) is 17.1. The largest absolute Gasteiger partial charge is 0.302 e. The fourth-order valence-corrected chi connectivity index (χ4v) is 3.93. The zero-order valence-electron chi connectivity index (χ0n) is 14.4. The summed E-state index contributed by atoms with van der Waals surface area (Å²) >= 11 is 1.52. The number of rotatable bonds is 6. The van der Waals surface area contributed by atoms with Gasteiger partial charge in [0.25, 0.3) is 0 Å². The quantitative estimate of drug-likeness (QED) is 0.860. The van der Waals surface area contributed by atoms with Crippen LogP contribution >= 0.6 is 11.3 Å². The van der Waals surface area contributed by atoms with Gasteiger partial charge in [0.1, 0.15) is 0 Å². The molecule has 5 heteroatoms. The molecule has 3 rings (SSSR count). The van der Waals surface area contributed by atoms with Gasteiger partial charge in [0.05, 0.1) is 5.69 Å². The molecule has 1 amide bonds. The molecule has 0 atom stereocenters. The van der Waals surface area contributed by atoms with Crippen molar-refractivity contribution in [1.29, 1.82) is 0 Å². The summed E-state index contributed by atoms with van der Waals surface area (Å²) in [5, 5.41) is 5.75. The second kappa shape index (κ2) is 7.90. The Kier molecular flexibility index (Phi) is 5.63. The molecular formula is C19H25N3OS. The molecule has 0 fully saturated rings. The zero-order chi connectivity index (χ0) is 16.9. The van der Waals surface area contributed by atoms with Crippen LogP contribution in [0.1, 0.15) is 43.5 Å². The maximum Gasteiger partial charge on any atom is 0.229 e. The molecule has 0 unspecified atom stereocenters. The number of hydrogen-bond acceptors (Lipinski definition) is 4. The van der Waals surface area contributed by atoms with E-state index in [1.165, 1.54) is 22.5 Å². The van der Waals surface area contributed by atoms with Crippen LogP contribution in [0.15, 0.2) is 29.6 Å². The van der Waals surface area contributed by atoms with Crippen molar-refractivity contribution >= 4 is 22.4 Å². The van der Waals surface area contributed by atoms with E-state index in [2.05, 4.69) is 58.7 Å². The molecule has 1 aliphatic rings. The van der Waals surface area contributed by atoms with Gasteiger partial charge in [-0.3, -0.25) is 9.69 Å². The number of nitrogens with one attached hydrogen (secondary N) is 1. The molecule has 0 radical (unpaired) electrons. The molecule has 0 saturated carbocycles.